The minimum absolute atomic E-state index is 0.323. The first kappa shape index (κ1) is 13.0. The number of nitrogens with zero attached hydrogens (tertiary/aromatic N) is 1. The molecule has 3 heteroatoms. The van der Waals surface area contributed by atoms with Crippen LogP contribution in [0, 0.1) is 5.92 Å². The molecule has 0 spiro atoms. The topological polar surface area (TPSA) is 12.4 Å². The predicted molar refractivity (Wildman–Crippen MR) is 80.0 cm³/mol. The number of hydrogen-bond acceptors (Lipinski definition) is 2. The van der Waals surface area contributed by atoms with Crippen molar-refractivity contribution >= 4 is 40.1 Å². The second-order valence-electron chi connectivity index (χ2n) is 3.51. The van der Waals surface area contributed by atoms with E-state index < -0.39 is 0 Å². The molecular formula is C12H16INS. The number of rotatable bonds is 3. The van der Waals surface area contributed by atoms with E-state index in [1.54, 1.807) is 11.8 Å². The standard InChI is InChI=1S/C12H16INS/c1-5-10-7-12(15-4)14-11(9(3)13)6-8(10)2/h5-7,9-10H,1H2,2-4H3. The van der Waals surface area contributed by atoms with Gasteiger partial charge in [0.2, 0.25) is 0 Å². The van der Waals surface area contributed by atoms with Crippen molar-refractivity contribution in [3.63, 3.8) is 0 Å². The summed E-state index contributed by atoms with van der Waals surface area (Å²) in [6, 6.07) is 0. The summed E-state index contributed by atoms with van der Waals surface area (Å²) < 4.78 is 0.441. The zero-order valence-electron chi connectivity index (χ0n) is 9.33. The average molecular weight is 333 g/mol. The molecule has 0 fully saturated rings. The van der Waals surface area contributed by atoms with Crippen LogP contribution < -0.4 is 0 Å². The van der Waals surface area contributed by atoms with Gasteiger partial charge in [-0.2, -0.15) is 0 Å². The summed E-state index contributed by atoms with van der Waals surface area (Å²) in [6.07, 6.45) is 8.39. The number of alkyl halides is 1. The van der Waals surface area contributed by atoms with Crippen molar-refractivity contribution in [3.8, 4) is 0 Å². The first-order valence-electron chi connectivity index (χ1n) is 4.87. The normalized spacial score (nSPS) is 23.5. The van der Waals surface area contributed by atoms with Gasteiger partial charge in [-0.25, -0.2) is 4.99 Å². The minimum Gasteiger partial charge on any atom is -0.246 e. The number of thioether (sulfide) groups is 1. The summed E-state index contributed by atoms with van der Waals surface area (Å²) in [5.74, 6) is 0.323. The van der Waals surface area contributed by atoms with Crippen LogP contribution in [0.2, 0.25) is 0 Å². The van der Waals surface area contributed by atoms with Gasteiger partial charge in [-0.05, 0) is 32.3 Å². The molecule has 0 saturated heterocycles. The van der Waals surface area contributed by atoms with Crippen LogP contribution in [0.5, 0.6) is 0 Å². The number of allylic oxidation sites excluding steroid dienone is 4. The Kier molecular flexibility index (Phi) is 5.12. The molecule has 1 aliphatic heterocycles. The first-order chi connectivity index (χ1) is 7.08. The van der Waals surface area contributed by atoms with E-state index in [1.807, 2.05) is 6.08 Å². The average Bonchev–Trinajstić information content (AvgIpc) is 2.37. The fourth-order valence-electron chi connectivity index (χ4n) is 1.38. The van der Waals surface area contributed by atoms with E-state index in [1.165, 1.54) is 5.57 Å². The Balaban J connectivity index is 3.12. The molecule has 1 heterocycles. The van der Waals surface area contributed by atoms with Gasteiger partial charge in [0.1, 0.15) is 0 Å². The molecule has 1 aliphatic rings. The molecule has 0 amide bonds. The summed E-state index contributed by atoms with van der Waals surface area (Å²) in [7, 11) is 0. The monoisotopic (exact) mass is 333 g/mol. The van der Waals surface area contributed by atoms with Crippen molar-refractivity contribution in [2.75, 3.05) is 6.26 Å². The third-order valence-electron chi connectivity index (χ3n) is 2.33. The van der Waals surface area contributed by atoms with Crippen LogP contribution in [0.3, 0.4) is 0 Å². The van der Waals surface area contributed by atoms with Crippen molar-refractivity contribution in [3.05, 3.63) is 35.4 Å². The van der Waals surface area contributed by atoms with Crippen molar-refractivity contribution in [1.29, 1.82) is 0 Å². The highest BCUT2D eigenvalue weighted by Gasteiger charge is 2.13. The summed E-state index contributed by atoms with van der Waals surface area (Å²) in [4.78, 5) is 4.65. The zero-order valence-corrected chi connectivity index (χ0v) is 12.3. The van der Waals surface area contributed by atoms with E-state index in [9.17, 15) is 0 Å². The van der Waals surface area contributed by atoms with Crippen LogP contribution in [0.1, 0.15) is 13.8 Å². The molecule has 0 saturated carbocycles. The van der Waals surface area contributed by atoms with Gasteiger partial charge in [0, 0.05) is 5.92 Å². The summed E-state index contributed by atoms with van der Waals surface area (Å²) >= 11 is 4.09. The maximum atomic E-state index is 4.65. The number of aliphatic imine (C=N–C) groups is 1. The lowest BCUT2D eigenvalue weighted by Crippen LogP contribution is -2.07. The second-order valence-corrected chi connectivity index (χ2v) is 6.21. The molecule has 2 unspecified atom stereocenters. The lowest BCUT2D eigenvalue weighted by molar-refractivity contribution is 0.971. The second kappa shape index (κ2) is 5.89. The Morgan fingerprint density at radius 1 is 1.67 bits per heavy atom. The van der Waals surface area contributed by atoms with Gasteiger partial charge in [-0.3, -0.25) is 0 Å². The predicted octanol–water partition coefficient (Wildman–Crippen LogP) is 4.22. The summed E-state index contributed by atoms with van der Waals surface area (Å²) in [6.45, 7) is 8.17. The Morgan fingerprint density at radius 2 is 2.33 bits per heavy atom. The fraction of sp³-hybridized carbons (Fsp3) is 0.417. The Morgan fingerprint density at radius 3 is 2.80 bits per heavy atom. The molecule has 0 N–H and O–H groups in total. The van der Waals surface area contributed by atoms with Gasteiger partial charge in [-0.1, -0.05) is 34.2 Å². The van der Waals surface area contributed by atoms with Crippen LogP contribution in [0.15, 0.2) is 40.4 Å². The molecule has 2 atom stereocenters. The number of hydrogen-bond donors (Lipinski definition) is 0. The van der Waals surface area contributed by atoms with Gasteiger partial charge in [-0.15, -0.1) is 18.3 Å². The van der Waals surface area contributed by atoms with E-state index in [4.69, 9.17) is 0 Å². The Hall–Kier alpha value is -0.0300. The molecule has 0 aromatic carbocycles. The van der Waals surface area contributed by atoms with Crippen LogP contribution in [-0.2, 0) is 0 Å². The molecule has 1 rings (SSSR count). The van der Waals surface area contributed by atoms with Gasteiger partial charge in [0.15, 0.2) is 0 Å². The fourth-order valence-corrected chi connectivity index (χ4v) is 2.18. The Labute approximate surface area is 110 Å². The van der Waals surface area contributed by atoms with E-state index in [2.05, 4.69) is 66.4 Å². The van der Waals surface area contributed by atoms with E-state index in [0.717, 1.165) is 10.7 Å². The molecule has 82 valence electrons. The molecule has 0 aromatic rings. The molecule has 1 nitrogen and oxygen atoms in total. The molecule has 0 aromatic heterocycles. The van der Waals surface area contributed by atoms with Gasteiger partial charge in [0.05, 0.1) is 14.7 Å². The molecule has 0 aliphatic carbocycles. The van der Waals surface area contributed by atoms with Gasteiger partial charge in [0.25, 0.3) is 0 Å². The first-order valence-corrected chi connectivity index (χ1v) is 7.34. The maximum Gasteiger partial charge on any atom is 0.0930 e. The van der Waals surface area contributed by atoms with E-state index in [-0.39, 0.29) is 0 Å². The lowest BCUT2D eigenvalue weighted by atomic mass is 9.99. The SMILES string of the molecule is C=CC1C=C(SC)N=C(C(C)I)C=C1C. The zero-order chi connectivity index (χ0) is 11.4. The van der Waals surface area contributed by atoms with Crippen LogP contribution in [-0.4, -0.2) is 15.9 Å². The van der Waals surface area contributed by atoms with Crippen molar-refractivity contribution < 1.29 is 0 Å². The van der Waals surface area contributed by atoms with Crippen LogP contribution in [0.25, 0.3) is 0 Å². The molecule has 15 heavy (non-hydrogen) atoms. The minimum atomic E-state index is 0.323. The third-order valence-corrected chi connectivity index (χ3v) is 3.62. The lowest BCUT2D eigenvalue weighted by Gasteiger charge is -2.06. The van der Waals surface area contributed by atoms with Crippen molar-refractivity contribution in [1.82, 2.24) is 0 Å². The summed E-state index contributed by atoms with van der Waals surface area (Å²) in [5.41, 5.74) is 2.47. The highest BCUT2D eigenvalue weighted by molar-refractivity contribution is 14.1. The summed E-state index contributed by atoms with van der Waals surface area (Å²) in [5, 5.41) is 1.09. The maximum absolute atomic E-state index is 4.65. The molecule has 0 bridgehead atoms. The van der Waals surface area contributed by atoms with E-state index >= 15 is 0 Å². The largest absolute Gasteiger partial charge is 0.246 e. The van der Waals surface area contributed by atoms with E-state index in [0.29, 0.717) is 9.84 Å². The van der Waals surface area contributed by atoms with Crippen molar-refractivity contribution in [2.24, 2.45) is 10.9 Å². The van der Waals surface area contributed by atoms with Crippen LogP contribution in [0.4, 0.5) is 0 Å². The van der Waals surface area contributed by atoms with Gasteiger partial charge < -0.3 is 0 Å². The third kappa shape index (κ3) is 3.48. The molecule has 0 radical (unpaired) electrons. The quantitative estimate of drug-likeness (QED) is 0.428. The number of halogens is 1. The highest BCUT2D eigenvalue weighted by atomic mass is 127. The Bertz CT molecular complexity index is 340. The highest BCUT2D eigenvalue weighted by Crippen LogP contribution is 2.26. The van der Waals surface area contributed by atoms with Crippen LogP contribution >= 0.6 is 34.4 Å². The molecular weight excluding hydrogens is 317 g/mol. The van der Waals surface area contributed by atoms with Crippen molar-refractivity contribution in [2.45, 2.75) is 17.8 Å². The smallest absolute Gasteiger partial charge is 0.0930 e. The van der Waals surface area contributed by atoms with Gasteiger partial charge >= 0.3 is 0 Å².